The number of halogens is 3. The molecular weight excluding hydrogens is 441 g/mol. The number of rotatable bonds is 7. The van der Waals surface area contributed by atoms with Gasteiger partial charge in [0, 0.05) is 24.7 Å². The SMILES string of the molecule is COc1ccccc1/C=C/C(=O)OCC(=O)Nc1cc(C(F)(F)F)ccc1N1CCOCC1. The number of amides is 1. The number of nitrogens with one attached hydrogen (secondary N) is 1. The van der Waals surface area contributed by atoms with Gasteiger partial charge < -0.3 is 24.4 Å². The molecule has 0 unspecified atom stereocenters. The van der Waals surface area contributed by atoms with Gasteiger partial charge in [-0.2, -0.15) is 13.2 Å². The van der Waals surface area contributed by atoms with Crippen LogP contribution in [0.15, 0.2) is 48.5 Å². The van der Waals surface area contributed by atoms with Crippen LogP contribution in [0.5, 0.6) is 5.75 Å². The summed E-state index contributed by atoms with van der Waals surface area (Å²) in [6.07, 6.45) is -1.96. The zero-order valence-corrected chi connectivity index (χ0v) is 17.9. The van der Waals surface area contributed by atoms with Gasteiger partial charge >= 0.3 is 12.1 Å². The molecule has 1 N–H and O–H groups in total. The standard InChI is InChI=1S/C23H23F3N2O5/c1-31-20-5-3-2-4-16(20)6-9-22(30)33-15-21(29)27-18-14-17(23(24,25)26)7-8-19(18)28-10-12-32-13-11-28/h2-9,14H,10-13,15H2,1H3,(H,27,29)/b9-6+. The normalized spacial score (nSPS) is 14.2. The molecule has 0 bridgehead atoms. The summed E-state index contributed by atoms with van der Waals surface area (Å²) < 4.78 is 54.9. The summed E-state index contributed by atoms with van der Waals surface area (Å²) in [7, 11) is 1.49. The van der Waals surface area contributed by atoms with Crippen molar-refractivity contribution in [3.63, 3.8) is 0 Å². The fourth-order valence-corrected chi connectivity index (χ4v) is 3.23. The number of hydrogen-bond acceptors (Lipinski definition) is 6. The molecule has 7 nitrogen and oxygen atoms in total. The molecule has 0 saturated carbocycles. The lowest BCUT2D eigenvalue weighted by Crippen LogP contribution is -2.37. The van der Waals surface area contributed by atoms with Gasteiger partial charge in [-0.1, -0.05) is 18.2 Å². The summed E-state index contributed by atoms with van der Waals surface area (Å²) in [5, 5.41) is 2.42. The predicted molar refractivity (Wildman–Crippen MR) is 116 cm³/mol. The summed E-state index contributed by atoms with van der Waals surface area (Å²) in [5.74, 6) is -0.990. The Morgan fingerprint density at radius 1 is 1.15 bits per heavy atom. The van der Waals surface area contributed by atoms with E-state index in [0.717, 1.165) is 18.2 Å². The van der Waals surface area contributed by atoms with Crippen LogP contribution in [0.1, 0.15) is 11.1 Å². The van der Waals surface area contributed by atoms with Gasteiger partial charge in [-0.3, -0.25) is 4.79 Å². The number of carbonyl (C=O) groups is 2. The van der Waals surface area contributed by atoms with Crippen LogP contribution in [-0.4, -0.2) is 51.9 Å². The van der Waals surface area contributed by atoms with Gasteiger partial charge in [0.05, 0.1) is 37.3 Å². The molecule has 0 aliphatic carbocycles. The van der Waals surface area contributed by atoms with E-state index in [9.17, 15) is 22.8 Å². The fraction of sp³-hybridized carbons (Fsp3) is 0.304. The van der Waals surface area contributed by atoms with Crippen molar-refractivity contribution in [1.29, 1.82) is 0 Å². The first-order valence-corrected chi connectivity index (χ1v) is 10.1. The number of anilines is 2. The van der Waals surface area contributed by atoms with E-state index in [1.807, 2.05) is 4.90 Å². The Labute approximate surface area is 188 Å². The van der Waals surface area contributed by atoms with Crippen LogP contribution in [0.4, 0.5) is 24.5 Å². The molecule has 1 amide bonds. The third kappa shape index (κ3) is 6.72. The lowest BCUT2D eigenvalue weighted by atomic mass is 10.1. The molecule has 0 spiro atoms. The third-order valence-corrected chi connectivity index (χ3v) is 4.83. The number of ether oxygens (including phenoxy) is 3. The molecule has 0 radical (unpaired) electrons. The first-order chi connectivity index (χ1) is 15.8. The first kappa shape index (κ1) is 24.1. The van der Waals surface area contributed by atoms with Gasteiger partial charge in [-0.25, -0.2) is 4.79 Å². The Morgan fingerprint density at radius 3 is 2.58 bits per heavy atom. The van der Waals surface area contributed by atoms with E-state index < -0.39 is 30.2 Å². The quantitative estimate of drug-likeness (QED) is 0.497. The second-order valence-electron chi connectivity index (χ2n) is 7.06. The minimum absolute atomic E-state index is 0.0164. The molecule has 1 aliphatic rings. The van der Waals surface area contributed by atoms with Crippen LogP contribution >= 0.6 is 0 Å². The summed E-state index contributed by atoms with van der Waals surface area (Å²) in [6.45, 7) is 1.12. The lowest BCUT2D eigenvalue weighted by molar-refractivity contribution is -0.142. The average Bonchev–Trinajstić information content (AvgIpc) is 2.81. The molecular formula is C23H23F3N2O5. The summed E-state index contributed by atoms with van der Waals surface area (Å²) >= 11 is 0. The monoisotopic (exact) mass is 464 g/mol. The molecule has 1 heterocycles. The van der Waals surface area contributed by atoms with Crippen molar-refractivity contribution >= 4 is 29.3 Å². The summed E-state index contributed by atoms with van der Waals surface area (Å²) in [5.41, 5.74) is 0.159. The summed E-state index contributed by atoms with van der Waals surface area (Å²) in [4.78, 5) is 26.1. The van der Waals surface area contributed by atoms with E-state index in [0.29, 0.717) is 43.3 Å². The number of esters is 1. The van der Waals surface area contributed by atoms with E-state index >= 15 is 0 Å². The number of morpholine rings is 1. The number of para-hydroxylation sites is 1. The molecule has 0 atom stereocenters. The second-order valence-corrected chi connectivity index (χ2v) is 7.06. The third-order valence-electron chi connectivity index (χ3n) is 4.83. The van der Waals surface area contributed by atoms with E-state index in [2.05, 4.69) is 5.32 Å². The number of hydrogen-bond donors (Lipinski definition) is 1. The number of alkyl halides is 3. The smallest absolute Gasteiger partial charge is 0.416 e. The zero-order chi connectivity index (χ0) is 23.8. The number of benzene rings is 2. The molecule has 1 fully saturated rings. The van der Waals surface area contributed by atoms with Gasteiger partial charge in [-0.15, -0.1) is 0 Å². The van der Waals surface area contributed by atoms with Crippen LogP contribution in [0.2, 0.25) is 0 Å². The molecule has 1 aliphatic heterocycles. The minimum atomic E-state index is -4.57. The highest BCUT2D eigenvalue weighted by Crippen LogP contribution is 2.35. The minimum Gasteiger partial charge on any atom is -0.496 e. The molecule has 1 saturated heterocycles. The highest BCUT2D eigenvalue weighted by molar-refractivity contribution is 5.97. The van der Waals surface area contributed by atoms with Crippen LogP contribution in [0.25, 0.3) is 6.08 Å². The Balaban J connectivity index is 1.66. The van der Waals surface area contributed by atoms with E-state index in [4.69, 9.17) is 14.2 Å². The van der Waals surface area contributed by atoms with E-state index in [-0.39, 0.29) is 5.69 Å². The van der Waals surface area contributed by atoms with Crippen molar-refractivity contribution in [2.45, 2.75) is 6.18 Å². The molecule has 33 heavy (non-hydrogen) atoms. The molecule has 0 aromatic heterocycles. The van der Waals surface area contributed by atoms with Crippen molar-refractivity contribution in [2.24, 2.45) is 0 Å². The number of carbonyl (C=O) groups excluding carboxylic acids is 2. The number of methoxy groups -OCH3 is 1. The topological polar surface area (TPSA) is 77.1 Å². The average molecular weight is 464 g/mol. The summed E-state index contributed by atoms with van der Waals surface area (Å²) in [6, 6.07) is 10.1. The highest BCUT2D eigenvalue weighted by atomic mass is 19.4. The maximum Gasteiger partial charge on any atom is 0.416 e. The van der Waals surface area contributed by atoms with E-state index in [1.54, 1.807) is 24.3 Å². The van der Waals surface area contributed by atoms with Crippen LogP contribution in [0, 0.1) is 0 Å². The van der Waals surface area contributed by atoms with Crippen molar-refractivity contribution in [3.8, 4) is 5.75 Å². The molecule has 2 aromatic rings. The Morgan fingerprint density at radius 2 is 1.88 bits per heavy atom. The van der Waals surface area contributed by atoms with Crippen LogP contribution in [0.3, 0.4) is 0 Å². The molecule has 3 rings (SSSR count). The van der Waals surface area contributed by atoms with Crippen LogP contribution < -0.4 is 15.0 Å². The van der Waals surface area contributed by atoms with Gasteiger partial charge in [0.2, 0.25) is 0 Å². The highest BCUT2D eigenvalue weighted by Gasteiger charge is 2.32. The largest absolute Gasteiger partial charge is 0.496 e. The first-order valence-electron chi connectivity index (χ1n) is 10.1. The van der Waals surface area contributed by atoms with E-state index in [1.165, 1.54) is 19.3 Å². The van der Waals surface area contributed by atoms with Crippen molar-refractivity contribution in [2.75, 3.05) is 50.2 Å². The Bertz CT molecular complexity index is 1020. The number of nitrogens with zero attached hydrogens (tertiary/aromatic N) is 1. The lowest BCUT2D eigenvalue weighted by Gasteiger charge is -2.31. The second kappa shape index (κ2) is 10.9. The van der Waals surface area contributed by atoms with Crippen molar-refractivity contribution in [3.05, 3.63) is 59.7 Å². The molecule has 2 aromatic carbocycles. The molecule has 10 heteroatoms. The van der Waals surface area contributed by atoms with Gasteiger partial charge in [0.1, 0.15) is 5.75 Å². The van der Waals surface area contributed by atoms with Gasteiger partial charge in [0.25, 0.3) is 5.91 Å². The Kier molecular flexibility index (Phi) is 7.94. The van der Waals surface area contributed by atoms with Gasteiger partial charge in [0.15, 0.2) is 6.61 Å². The maximum atomic E-state index is 13.2. The zero-order valence-electron chi connectivity index (χ0n) is 17.9. The van der Waals surface area contributed by atoms with Crippen molar-refractivity contribution < 1.29 is 37.0 Å². The predicted octanol–water partition coefficient (Wildman–Crippen LogP) is 3.75. The fourth-order valence-electron chi connectivity index (χ4n) is 3.23. The Hall–Kier alpha value is -3.53. The van der Waals surface area contributed by atoms with Gasteiger partial charge in [-0.05, 0) is 30.3 Å². The van der Waals surface area contributed by atoms with Crippen LogP contribution in [-0.2, 0) is 25.2 Å². The maximum absolute atomic E-state index is 13.2. The van der Waals surface area contributed by atoms with Crippen molar-refractivity contribution in [1.82, 2.24) is 0 Å². The molecule has 176 valence electrons.